The topological polar surface area (TPSA) is 84.2 Å². The Morgan fingerprint density at radius 2 is 2.26 bits per heavy atom. The normalized spacial score (nSPS) is 17.0. The van der Waals surface area contributed by atoms with Gasteiger partial charge < -0.3 is 14.7 Å². The van der Waals surface area contributed by atoms with Crippen LogP contribution in [0.2, 0.25) is 0 Å². The Labute approximate surface area is 135 Å². The predicted octanol–water partition coefficient (Wildman–Crippen LogP) is 2.24. The molecule has 122 valence electrons. The first kappa shape index (κ1) is 15.5. The summed E-state index contributed by atoms with van der Waals surface area (Å²) in [5.41, 5.74) is 1.82. The van der Waals surface area contributed by atoms with Crippen molar-refractivity contribution in [1.29, 1.82) is 0 Å². The van der Waals surface area contributed by atoms with E-state index in [1.165, 1.54) is 0 Å². The molecule has 1 saturated heterocycles. The maximum absolute atomic E-state index is 11.6. The van der Waals surface area contributed by atoms with Crippen molar-refractivity contribution < 1.29 is 9.32 Å². The van der Waals surface area contributed by atoms with Crippen molar-refractivity contribution in [3.8, 4) is 0 Å². The minimum absolute atomic E-state index is 0.0618. The number of nitrogens with zero attached hydrogens (tertiary/aromatic N) is 4. The molecule has 0 aliphatic carbocycles. The van der Waals surface area contributed by atoms with Crippen molar-refractivity contribution in [1.82, 2.24) is 20.0 Å². The lowest BCUT2D eigenvalue weighted by atomic mass is 9.99. The Kier molecular flexibility index (Phi) is 4.27. The zero-order chi connectivity index (χ0) is 16.4. The second-order valence-corrected chi connectivity index (χ2v) is 5.73. The molecule has 0 spiro atoms. The van der Waals surface area contributed by atoms with Crippen molar-refractivity contribution in [2.45, 2.75) is 46.2 Å². The smallest absolute Gasteiger partial charge is 0.220 e. The number of nitrogens with one attached hydrogen (secondary N) is 1. The van der Waals surface area contributed by atoms with Crippen LogP contribution in [0.4, 0.5) is 5.82 Å². The third-order valence-electron chi connectivity index (χ3n) is 4.04. The highest BCUT2D eigenvalue weighted by Gasteiger charge is 2.32. The molecular weight excluding hydrogens is 294 g/mol. The minimum Gasteiger partial charge on any atom is -0.363 e. The second-order valence-electron chi connectivity index (χ2n) is 5.73. The number of rotatable bonds is 5. The summed E-state index contributed by atoms with van der Waals surface area (Å²) in [5.74, 6) is 2.28. The number of carbonyl (C=O) groups excluding carboxylic acids is 1. The van der Waals surface area contributed by atoms with Crippen molar-refractivity contribution in [3.63, 3.8) is 0 Å². The summed E-state index contributed by atoms with van der Waals surface area (Å²) in [6.07, 6.45) is 1.79. The summed E-state index contributed by atoms with van der Waals surface area (Å²) in [7, 11) is 0. The zero-order valence-electron chi connectivity index (χ0n) is 13.7. The third kappa shape index (κ3) is 3.33. The number of hydrogen-bond donors (Lipinski definition) is 1. The van der Waals surface area contributed by atoms with Gasteiger partial charge in [-0.1, -0.05) is 12.1 Å². The van der Waals surface area contributed by atoms with Crippen molar-refractivity contribution in [2.75, 3.05) is 11.9 Å². The van der Waals surface area contributed by atoms with Gasteiger partial charge in [-0.15, -0.1) is 0 Å². The van der Waals surface area contributed by atoms with Crippen LogP contribution < -0.4 is 5.32 Å². The molecule has 1 atom stereocenters. The SMILES string of the molecule is CCc1cc(CNc2cc([C@@H]3CCN3C(C)=O)nc(C)n2)on1. The third-order valence-corrected chi connectivity index (χ3v) is 4.04. The van der Waals surface area contributed by atoms with E-state index in [-0.39, 0.29) is 11.9 Å². The van der Waals surface area contributed by atoms with Crippen LogP contribution in [-0.2, 0) is 17.8 Å². The number of anilines is 1. The van der Waals surface area contributed by atoms with Crippen LogP contribution in [0.25, 0.3) is 0 Å². The number of likely N-dealkylation sites (tertiary alicyclic amines) is 1. The summed E-state index contributed by atoms with van der Waals surface area (Å²) < 4.78 is 5.26. The van der Waals surface area contributed by atoms with E-state index in [0.29, 0.717) is 12.4 Å². The van der Waals surface area contributed by atoms with Gasteiger partial charge in [0.1, 0.15) is 11.6 Å². The van der Waals surface area contributed by atoms with Gasteiger partial charge in [0.2, 0.25) is 5.91 Å². The lowest BCUT2D eigenvalue weighted by Gasteiger charge is -2.40. The summed E-state index contributed by atoms with van der Waals surface area (Å²) in [4.78, 5) is 22.3. The highest BCUT2D eigenvalue weighted by molar-refractivity contribution is 5.74. The molecule has 23 heavy (non-hydrogen) atoms. The maximum atomic E-state index is 11.6. The standard InChI is InChI=1S/C16H21N5O2/c1-4-12-7-13(23-20-12)9-17-16-8-14(18-10(2)19-16)15-5-6-21(15)11(3)22/h7-8,15H,4-6,9H2,1-3H3,(H,17,18,19)/t15-/m0/s1. The minimum atomic E-state index is 0.0618. The Balaban J connectivity index is 1.71. The van der Waals surface area contributed by atoms with Gasteiger partial charge in [-0.25, -0.2) is 9.97 Å². The fourth-order valence-electron chi connectivity index (χ4n) is 2.71. The van der Waals surface area contributed by atoms with E-state index in [4.69, 9.17) is 4.52 Å². The summed E-state index contributed by atoms with van der Waals surface area (Å²) in [6.45, 7) is 6.80. The molecule has 1 fully saturated rings. The molecule has 7 nitrogen and oxygen atoms in total. The van der Waals surface area contributed by atoms with Gasteiger partial charge >= 0.3 is 0 Å². The highest BCUT2D eigenvalue weighted by atomic mass is 16.5. The molecule has 1 N–H and O–H groups in total. The van der Waals surface area contributed by atoms with Crippen molar-refractivity contribution in [2.24, 2.45) is 0 Å². The second kappa shape index (κ2) is 6.36. The van der Waals surface area contributed by atoms with Gasteiger partial charge in [0.15, 0.2) is 5.76 Å². The molecule has 2 aromatic heterocycles. The monoisotopic (exact) mass is 315 g/mol. The van der Waals surface area contributed by atoms with Gasteiger partial charge in [0.25, 0.3) is 0 Å². The van der Waals surface area contributed by atoms with E-state index in [2.05, 4.69) is 20.4 Å². The molecule has 0 bridgehead atoms. The first-order chi connectivity index (χ1) is 11.1. The fraction of sp³-hybridized carbons (Fsp3) is 0.500. The van der Waals surface area contributed by atoms with E-state index < -0.39 is 0 Å². The summed E-state index contributed by atoms with van der Waals surface area (Å²) >= 11 is 0. The molecule has 0 radical (unpaired) electrons. The van der Waals surface area contributed by atoms with Crippen LogP contribution in [-0.4, -0.2) is 32.5 Å². The predicted molar refractivity (Wildman–Crippen MR) is 84.7 cm³/mol. The van der Waals surface area contributed by atoms with E-state index in [1.54, 1.807) is 6.92 Å². The van der Waals surface area contributed by atoms with Crippen LogP contribution in [0, 0.1) is 6.92 Å². The van der Waals surface area contributed by atoms with Gasteiger partial charge in [0, 0.05) is 25.6 Å². The zero-order valence-corrected chi connectivity index (χ0v) is 13.7. The number of hydrogen-bond acceptors (Lipinski definition) is 6. The number of amides is 1. The molecule has 3 rings (SSSR count). The fourth-order valence-corrected chi connectivity index (χ4v) is 2.71. The molecular formula is C16H21N5O2. The van der Waals surface area contributed by atoms with Crippen molar-refractivity contribution in [3.05, 3.63) is 35.1 Å². The molecule has 3 heterocycles. The van der Waals surface area contributed by atoms with Gasteiger partial charge in [-0.05, 0) is 19.8 Å². The molecule has 1 aliphatic heterocycles. The Morgan fingerprint density at radius 1 is 1.43 bits per heavy atom. The molecule has 0 unspecified atom stereocenters. The lowest BCUT2D eigenvalue weighted by molar-refractivity contribution is -0.136. The van der Waals surface area contributed by atoms with Crippen LogP contribution in [0.15, 0.2) is 16.7 Å². The van der Waals surface area contributed by atoms with Crippen LogP contribution >= 0.6 is 0 Å². The molecule has 7 heteroatoms. The Morgan fingerprint density at radius 3 is 2.87 bits per heavy atom. The van der Waals surface area contributed by atoms with E-state index in [0.717, 1.165) is 42.4 Å². The van der Waals surface area contributed by atoms with E-state index >= 15 is 0 Å². The Hall–Kier alpha value is -2.44. The molecule has 1 aliphatic rings. The summed E-state index contributed by atoms with van der Waals surface area (Å²) in [5, 5.41) is 7.21. The van der Waals surface area contributed by atoms with Gasteiger partial charge in [-0.3, -0.25) is 4.79 Å². The first-order valence-corrected chi connectivity index (χ1v) is 7.88. The summed E-state index contributed by atoms with van der Waals surface area (Å²) in [6, 6.07) is 3.90. The Bertz CT molecular complexity index is 712. The van der Waals surface area contributed by atoms with Crippen LogP contribution in [0.5, 0.6) is 0 Å². The number of aromatic nitrogens is 3. The van der Waals surface area contributed by atoms with Crippen molar-refractivity contribution >= 4 is 11.7 Å². The highest BCUT2D eigenvalue weighted by Crippen LogP contribution is 2.32. The van der Waals surface area contributed by atoms with Crippen LogP contribution in [0.1, 0.15) is 49.3 Å². The van der Waals surface area contributed by atoms with E-state index in [1.807, 2.05) is 30.9 Å². The number of carbonyl (C=O) groups is 1. The number of aryl methyl sites for hydroxylation is 2. The molecule has 2 aromatic rings. The van der Waals surface area contributed by atoms with Crippen LogP contribution in [0.3, 0.4) is 0 Å². The average Bonchev–Trinajstić information content (AvgIpc) is 2.91. The van der Waals surface area contributed by atoms with Gasteiger partial charge in [-0.2, -0.15) is 0 Å². The first-order valence-electron chi connectivity index (χ1n) is 7.88. The van der Waals surface area contributed by atoms with Gasteiger partial charge in [0.05, 0.1) is 24.0 Å². The molecule has 0 aromatic carbocycles. The molecule has 1 amide bonds. The lowest BCUT2D eigenvalue weighted by Crippen LogP contribution is -2.44. The average molecular weight is 315 g/mol. The molecule has 0 saturated carbocycles. The van der Waals surface area contributed by atoms with E-state index in [9.17, 15) is 4.79 Å². The quantitative estimate of drug-likeness (QED) is 0.911. The largest absolute Gasteiger partial charge is 0.363 e. The maximum Gasteiger partial charge on any atom is 0.220 e.